The molecule has 8 nitrogen and oxygen atoms in total. The van der Waals surface area contributed by atoms with Gasteiger partial charge in [-0.3, -0.25) is 14.9 Å². The van der Waals surface area contributed by atoms with Gasteiger partial charge < -0.3 is 9.84 Å². The van der Waals surface area contributed by atoms with Crippen molar-refractivity contribution in [3.8, 4) is 5.75 Å². The Bertz CT molecular complexity index is 985. The average Bonchev–Trinajstić information content (AvgIpc) is 3.47. The van der Waals surface area contributed by atoms with E-state index >= 15 is 0 Å². The zero-order valence-corrected chi connectivity index (χ0v) is 20.0. The summed E-state index contributed by atoms with van der Waals surface area (Å²) in [6.07, 6.45) is 4.60. The summed E-state index contributed by atoms with van der Waals surface area (Å²) >= 11 is 0. The number of ether oxygens (including phenoxy) is 1. The van der Waals surface area contributed by atoms with Crippen molar-refractivity contribution in [3.63, 3.8) is 0 Å². The molecule has 1 heterocycles. The van der Waals surface area contributed by atoms with Gasteiger partial charge in [0, 0.05) is 12.3 Å². The van der Waals surface area contributed by atoms with Crippen LogP contribution in [0.4, 0.5) is 4.39 Å². The first-order chi connectivity index (χ1) is 15.4. The number of halogens is 1. The molecule has 0 aromatic heterocycles. The maximum absolute atomic E-state index is 14.1. The van der Waals surface area contributed by atoms with Crippen LogP contribution >= 0.6 is 0 Å². The molecule has 184 valence electrons. The van der Waals surface area contributed by atoms with Crippen LogP contribution in [0.2, 0.25) is 0 Å². The largest absolute Gasteiger partial charge is 0.488 e. The van der Waals surface area contributed by atoms with E-state index in [2.05, 4.69) is 10.0 Å². The Labute approximate surface area is 194 Å². The third kappa shape index (κ3) is 7.48. The first-order valence-corrected chi connectivity index (χ1v) is 13.0. The lowest BCUT2D eigenvalue weighted by atomic mass is 9.92. The number of carbonyl (C=O) groups is 2. The lowest BCUT2D eigenvalue weighted by Crippen LogP contribution is -2.40. The van der Waals surface area contributed by atoms with E-state index in [1.165, 1.54) is 12.1 Å². The van der Waals surface area contributed by atoms with E-state index < -0.39 is 27.0 Å². The second kappa shape index (κ2) is 10.1. The van der Waals surface area contributed by atoms with E-state index in [0.29, 0.717) is 56.9 Å². The predicted molar refractivity (Wildman–Crippen MR) is 120 cm³/mol. The lowest BCUT2D eigenvalue weighted by Gasteiger charge is -2.21. The number of benzene rings is 1. The van der Waals surface area contributed by atoms with E-state index in [1.807, 2.05) is 0 Å². The second-order valence-corrected chi connectivity index (χ2v) is 11.6. The average molecular weight is 485 g/mol. The molecule has 10 heteroatoms. The van der Waals surface area contributed by atoms with Crippen LogP contribution in [0, 0.1) is 11.7 Å². The monoisotopic (exact) mass is 484 g/mol. The summed E-state index contributed by atoms with van der Waals surface area (Å²) in [5.74, 6) is -1.28. The molecular weight excluding hydrogens is 451 g/mol. The van der Waals surface area contributed by atoms with Crippen molar-refractivity contribution in [1.29, 1.82) is 0 Å². The molecular formula is C23H33FN2O6S. The molecule has 1 atom stereocenters. The summed E-state index contributed by atoms with van der Waals surface area (Å²) < 4.78 is 47.6. The molecule has 0 bridgehead atoms. The zero-order valence-electron chi connectivity index (χ0n) is 19.2. The number of imide groups is 1. The molecule has 3 N–H and O–H groups in total. The first kappa shape index (κ1) is 25.6. The van der Waals surface area contributed by atoms with Crippen molar-refractivity contribution in [3.05, 3.63) is 29.6 Å². The third-order valence-corrected chi connectivity index (χ3v) is 7.51. The highest BCUT2D eigenvalue weighted by molar-refractivity contribution is 7.89. The quantitative estimate of drug-likeness (QED) is 0.310. The molecule has 3 rings (SSSR count). The van der Waals surface area contributed by atoms with Gasteiger partial charge in [0.1, 0.15) is 6.61 Å². The number of piperidine rings is 1. The Balaban J connectivity index is 1.49. The molecule has 0 spiro atoms. The second-order valence-electron chi connectivity index (χ2n) is 9.75. The minimum Gasteiger partial charge on any atom is -0.488 e. The van der Waals surface area contributed by atoms with Crippen LogP contribution < -0.4 is 14.8 Å². The van der Waals surface area contributed by atoms with Crippen molar-refractivity contribution in [2.45, 2.75) is 76.4 Å². The number of unbranched alkanes of at least 4 members (excludes halogenated alkanes) is 2. The van der Waals surface area contributed by atoms with Gasteiger partial charge >= 0.3 is 0 Å². The van der Waals surface area contributed by atoms with Crippen LogP contribution in [0.1, 0.15) is 70.8 Å². The maximum atomic E-state index is 14.1. The number of aliphatic hydroxyl groups is 1. The van der Waals surface area contributed by atoms with E-state index in [0.717, 1.165) is 0 Å². The fraction of sp³-hybridized carbons (Fsp3) is 0.652. The fourth-order valence-electron chi connectivity index (χ4n) is 3.96. The van der Waals surface area contributed by atoms with Crippen LogP contribution in [0.3, 0.4) is 0 Å². The molecule has 33 heavy (non-hydrogen) atoms. The van der Waals surface area contributed by atoms with Gasteiger partial charge in [-0.2, -0.15) is 0 Å². The molecule has 1 saturated heterocycles. The minimum absolute atomic E-state index is 0.0199. The molecule has 0 radical (unpaired) electrons. The highest BCUT2D eigenvalue weighted by Crippen LogP contribution is 2.47. The molecule has 2 aliphatic rings. The van der Waals surface area contributed by atoms with Gasteiger partial charge in [-0.15, -0.1) is 0 Å². The molecule has 1 aliphatic heterocycles. The number of rotatable bonds is 12. The SMILES string of the molecule is CC(C)(O)COc1cc(C2(NS(=O)(=O)CCCCCC3CCC(=O)NC3=O)CC2)ccc1F. The number of hydrogen-bond acceptors (Lipinski definition) is 6. The molecule has 1 aliphatic carbocycles. The van der Waals surface area contributed by atoms with Crippen LogP contribution in [-0.2, 0) is 25.2 Å². The van der Waals surface area contributed by atoms with Gasteiger partial charge in [-0.05, 0) is 63.6 Å². The van der Waals surface area contributed by atoms with Crippen molar-refractivity contribution in [2.75, 3.05) is 12.4 Å². The highest BCUT2D eigenvalue weighted by Gasteiger charge is 2.47. The lowest BCUT2D eigenvalue weighted by molar-refractivity contribution is -0.136. The summed E-state index contributed by atoms with van der Waals surface area (Å²) in [4.78, 5) is 23.0. The summed E-state index contributed by atoms with van der Waals surface area (Å²) in [6.45, 7) is 3.01. The summed E-state index contributed by atoms with van der Waals surface area (Å²) in [5.41, 5.74) is -1.25. The molecule has 2 amide bonds. The number of carbonyl (C=O) groups excluding carboxylic acids is 2. The predicted octanol–water partition coefficient (Wildman–Crippen LogP) is 2.50. The standard InChI is InChI=1S/C23H33FN2O6S/c1-22(2,29)15-32-19-14-17(8-9-18(19)24)23(11-12-23)26-33(30,31)13-5-3-4-6-16-7-10-20(27)25-21(16)28/h8-9,14,16,26,29H,3-7,10-13,15H2,1-2H3,(H,25,27,28). The molecule has 2 fully saturated rings. The van der Waals surface area contributed by atoms with Crippen LogP contribution in [0.15, 0.2) is 18.2 Å². The van der Waals surface area contributed by atoms with Crippen molar-refractivity contribution >= 4 is 21.8 Å². The molecule has 1 aromatic carbocycles. The topological polar surface area (TPSA) is 122 Å². The normalized spacial score (nSPS) is 20.4. The fourth-order valence-corrected chi connectivity index (χ4v) is 5.57. The smallest absolute Gasteiger partial charge is 0.229 e. The Morgan fingerprint density at radius 1 is 1.24 bits per heavy atom. The Morgan fingerprint density at radius 2 is 1.97 bits per heavy atom. The number of sulfonamides is 1. The molecule has 1 aromatic rings. The van der Waals surface area contributed by atoms with Crippen LogP contribution in [-0.4, -0.2) is 43.3 Å². The van der Waals surface area contributed by atoms with Crippen molar-refractivity contribution in [2.24, 2.45) is 5.92 Å². The summed E-state index contributed by atoms with van der Waals surface area (Å²) in [6, 6.07) is 4.30. The van der Waals surface area contributed by atoms with Crippen LogP contribution in [0.25, 0.3) is 0 Å². The van der Waals surface area contributed by atoms with Gasteiger partial charge in [0.25, 0.3) is 0 Å². The third-order valence-electron chi connectivity index (χ3n) is 5.98. The van der Waals surface area contributed by atoms with E-state index in [-0.39, 0.29) is 35.8 Å². The van der Waals surface area contributed by atoms with E-state index in [4.69, 9.17) is 4.74 Å². The highest BCUT2D eigenvalue weighted by atomic mass is 32.2. The van der Waals surface area contributed by atoms with Gasteiger partial charge in [0.05, 0.1) is 16.9 Å². The molecule has 1 unspecified atom stereocenters. The summed E-state index contributed by atoms with van der Waals surface area (Å²) in [5, 5.41) is 12.1. The number of hydrogen-bond donors (Lipinski definition) is 3. The Kier molecular flexibility index (Phi) is 7.80. The van der Waals surface area contributed by atoms with Gasteiger partial charge in [0.15, 0.2) is 11.6 Å². The minimum atomic E-state index is -3.56. The van der Waals surface area contributed by atoms with Crippen molar-refractivity contribution in [1.82, 2.24) is 10.0 Å². The maximum Gasteiger partial charge on any atom is 0.229 e. The van der Waals surface area contributed by atoms with E-state index in [9.17, 15) is 27.5 Å². The van der Waals surface area contributed by atoms with Crippen LogP contribution in [0.5, 0.6) is 5.75 Å². The zero-order chi connectivity index (χ0) is 24.3. The summed E-state index contributed by atoms with van der Waals surface area (Å²) in [7, 11) is -3.56. The van der Waals surface area contributed by atoms with E-state index in [1.54, 1.807) is 19.9 Å². The van der Waals surface area contributed by atoms with Gasteiger partial charge in [0.2, 0.25) is 21.8 Å². The molecule has 1 saturated carbocycles. The Hall–Kier alpha value is -2.04. The number of nitrogens with one attached hydrogen (secondary N) is 2. The Morgan fingerprint density at radius 3 is 2.61 bits per heavy atom. The number of amides is 2. The first-order valence-electron chi connectivity index (χ1n) is 11.4. The van der Waals surface area contributed by atoms with Crippen molar-refractivity contribution < 1.29 is 32.2 Å². The van der Waals surface area contributed by atoms with Gasteiger partial charge in [-0.25, -0.2) is 17.5 Å². The van der Waals surface area contributed by atoms with Gasteiger partial charge in [-0.1, -0.05) is 18.9 Å².